The lowest BCUT2D eigenvalue weighted by atomic mass is 10.3. The van der Waals surface area contributed by atoms with E-state index >= 15 is 0 Å². The number of nitrogen functional groups attached to an aromatic ring is 1. The van der Waals surface area contributed by atoms with Gasteiger partial charge in [0.15, 0.2) is 12.4 Å². The van der Waals surface area contributed by atoms with Gasteiger partial charge < -0.3 is 15.8 Å². The highest BCUT2D eigenvalue weighted by Gasteiger charge is 2.27. The van der Waals surface area contributed by atoms with Gasteiger partial charge in [-0.1, -0.05) is 0 Å². The van der Waals surface area contributed by atoms with E-state index in [9.17, 15) is 22.4 Å². The maximum atomic E-state index is 12.9. The average Bonchev–Trinajstić information content (AvgIpc) is 2.23. The molecule has 0 heterocycles. The van der Waals surface area contributed by atoms with Crippen LogP contribution in [-0.4, -0.2) is 25.2 Å². The van der Waals surface area contributed by atoms with Gasteiger partial charge in [0, 0.05) is 6.07 Å². The van der Waals surface area contributed by atoms with Crippen LogP contribution in [0.25, 0.3) is 0 Å². The second-order valence-corrected chi connectivity index (χ2v) is 4.34. The van der Waals surface area contributed by atoms with Gasteiger partial charge in [-0.15, -0.1) is 0 Å². The van der Waals surface area contributed by atoms with E-state index in [0.717, 1.165) is 12.1 Å². The van der Waals surface area contributed by atoms with Crippen molar-refractivity contribution < 1.29 is 27.1 Å². The molecule has 0 radical (unpaired) electrons. The van der Waals surface area contributed by atoms with Crippen molar-refractivity contribution in [1.82, 2.24) is 5.32 Å². The summed E-state index contributed by atoms with van der Waals surface area (Å²) in [5.74, 6) is -1.59. The summed E-state index contributed by atoms with van der Waals surface area (Å²) in [6, 6.07) is 2.02. The number of nitrogens with one attached hydrogen (secondary N) is 1. The molecule has 0 saturated heterocycles. The van der Waals surface area contributed by atoms with Crippen LogP contribution in [0.2, 0.25) is 0 Å². The first-order valence-corrected chi connectivity index (χ1v) is 5.69. The number of benzene rings is 1. The number of nitrogens with two attached hydrogens (primary N) is 1. The van der Waals surface area contributed by atoms with Crippen LogP contribution in [0.15, 0.2) is 16.6 Å². The van der Waals surface area contributed by atoms with Gasteiger partial charge in [-0.3, -0.25) is 4.79 Å². The van der Waals surface area contributed by atoms with Gasteiger partial charge in [0.05, 0.1) is 10.2 Å². The largest absolute Gasteiger partial charge is 0.480 e. The number of rotatable bonds is 4. The Kier molecular flexibility index (Phi) is 4.98. The van der Waals surface area contributed by atoms with Crippen molar-refractivity contribution >= 4 is 27.5 Å². The van der Waals surface area contributed by atoms with Crippen molar-refractivity contribution in [1.29, 1.82) is 0 Å². The van der Waals surface area contributed by atoms with E-state index in [1.165, 1.54) is 0 Å². The molecule has 1 aromatic carbocycles. The molecule has 1 amide bonds. The molecule has 0 bridgehead atoms. The molecule has 4 nitrogen and oxygen atoms in total. The molecular formula is C10H9BrF4N2O2. The lowest BCUT2D eigenvalue weighted by Crippen LogP contribution is -2.36. The quantitative estimate of drug-likeness (QED) is 0.650. The van der Waals surface area contributed by atoms with Gasteiger partial charge in [-0.25, -0.2) is 4.39 Å². The third kappa shape index (κ3) is 5.33. The van der Waals surface area contributed by atoms with Crippen molar-refractivity contribution in [3.63, 3.8) is 0 Å². The minimum atomic E-state index is -4.49. The van der Waals surface area contributed by atoms with E-state index in [1.54, 1.807) is 5.32 Å². The molecule has 19 heavy (non-hydrogen) atoms. The Morgan fingerprint density at radius 2 is 2.05 bits per heavy atom. The van der Waals surface area contributed by atoms with E-state index in [0.29, 0.717) is 0 Å². The maximum Gasteiger partial charge on any atom is 0.405 e. The second kappa shape index (κ2) is 6.09. The Bertz CT molecular complexity index is 456. The number of amides is 1. The van der Waals surface area contributed by atoms with E-state index < -0.39 is 31.1 Å². The lowest BCUT2D eigenvalue weighted by Gasteiger charge is -2.12. The number of hydrogen-bond acceptors (Lipinski definition) is 3. The van der Waals surface area contributed by atoms with Gasteiger partial charge in [0.2, 0.25) is 0 Å². The minimum absolute atomic E-state index is 0.0106. The molecular weight excluding hydrogens is 336 g/mol. The zero-order valence-corrected chi connectivity index (χ0v) is 10.9. The van der Waals surface area contributed by atoms with Gasteiger partial charge in [-0.05, 0) is 22.0 Å². The maximum absolute atomic E-state index is 12.9. The fourth-order valence-electron chi connectivity index (χ4n) is 1.12. The topological polar surface area (TPSA) is 64.3 Å². The molecule has 0 aliphatic rings. The van der Waals surface area contributed by atoms with E-state index in [2.05, 4.69) is 15.9 Å². The molecule has 0 aromatic heterocycles. The van der Waals surface area contributed by atoms with Crippen molar-refractivity contribution in [3.05, 3.63) is 22.4 Å². The van der Waals surface area contributed by atoms with E-state index in [1.807, 2.05) is 0 Å². The summed E-state index contributed by atoms with van der Waals surface area (Å²) >= 11 is 2.96. The molecule has 3 N–H and O–H groups in total. The number of carbonyl (C=O) groups is 1. The molecule has 0 saturated carbocycles. The van der Waals surface area contributed by atoms with Crippen LogP contribution < -0.4 is 15.8 Å². The Morgan fingerprint density at radius 3 is 2.58 bits per heavy atom. The molecule has 0 spiro atoms. The molecule has 0 fully saturated rings. The Hall–Kier alpha value is -1.51. The van der Waals surface area contributed by atoms with Crippen LogP contribution in [0.1, 0.15) is 0 Å². The molecule has 0 aliphatic heterocycles. The zero-order chi connectivity index (χ0) is 14.6. The second-order valence-electron chi connectivity index (χ2n) is 3.49. The van der Waals surface area contributed by atoms with Gasteiger partial charge in [-0.2, -0.15) is 13.2 Å². The molecule has 0 unspecified atom stereocenters. The molecule has 0 atom stereocenters. The summed E-state index contributed by atoms with van der Waals surface area (Å²) in [4.78, 5) is 11.1. The first-order chi connectivity index (χ1) is 8.69. The van der Waals surface area contributed by atoms with Crippen molar-refractivity contribution in [2.45, 2.75) is 6.18 Å². The fourth-order valence-corrected chi connectivity index (χ4v) is 1.68. The van der Waals surface area contributed by atoms with Crippen molar-refractivity contribution in [2.24, 2.45) is 0 Å². The zero-order valence-electron chi connectivity index (χ0n) is 9.35. The van der Waals surface area contributed by atoms with Crippen LogP contribution in [-0.2, 0) is 4.79 Å². The standard InChI is InChI=1S/C10H9BrF4N2O2/c11-6-1-5(12)2-7(16)9(6)19-3-8(18)17-4-10(13,14)15/h1-2H,3-4,16H2,(H,17,18). The predicted octanol–water partition coefficient (Wildman–Crippen LogP) is 2.23. The summed E-state index contributed by atoms with van der Waals surface area (Å²) in [5, 5.41) is 1.62. The normalized spacial score (nSPS) is 11.2. The molecule has 106 valence electrons. The van der Waals surface area contributed by atoms with Gasteiger partial charge in [0.1, 0.15) is 12.4 Å². The SMILES string of the molecule is Nc1cc(F)cc(Br)c1OCC(=O)NCC(F)(F)F. The highest BCUT2D eigenvalue weighted by atomic mass is 79.9. The predicted molar refractivity (Wildman–Crippen MR) is 63.1 cm³/mol. The molecule has 1 rings (SSSR count). The first-order valence-electron chi connectivity index (χ1n) is 4.90. The number of alkyl halides is 3. The Balaban J connectivity index is 2.56. The summed E-state index contributed by atoms with van der Waals surface area (Å²) in [5.41, 5.74) is 5.37. The van der Waals surface area contributed by atoms with Gasteiger partial charge >= 0.3 is 6.18 Å². The first kappa shape index (κ1) is 15.5. The van der Waals surface area contributed by atoms with Gasteiger partial charge in [0.25, 0.3) is 5.91 Å². The van der Waals surface area contributed by atoms with Crippen LogP contribution in [0.4, 0.5) is 23.2 Å². The van der Waals surface area contributed by atoms with Crippen LogP contribution in [0, 0.1) is 5.82 Å². The highest BCUT2D eigenvalue weighted by molar-refractivity contribution is 9.10. The average molecular weight is 345 g/mol. The number of hydrogen-bond donors (Lipinski definition) is 2. The third-order valence-electron chi connectivity index (χ3n) is 1.87. The van der Waals surface area contributed by atoms with E-state index in [4.69, 9.17) is 10.5 Å². The summed E-state index contributed by atoms with van der Waals surface area (Å²) in [7, 11) is 0. The Morgan fingerprint density at radius 1 is 1.42 bits per heavy atom. The number of halogens is 5. The smallest absolute Gasteiger partial charge is 0.405 e. The highest BCUT2D eigenvalue weighted by Crippen LogP contribution is 2.32. The monoisotopic (exact) mass is 344 g/mol. The van der Waals surface area contributed by atoms with Crippen LogP contribution in [0.5, 0.6) is 5.75 Å². The minimum Gasteiger partial charge on any atom is -0.480 e. The van der Waals surface area contributed by atoms with E-state index in [-0.39, 0.29) is 15.9 Å². The molecule has 1 aromatic rings. The van der Waals surface area contributed by atoms with Crippen LogP contribution in [0.3, 0.4) is 0 Å². The number of ether oxygens (including phenoxy) is 1. The van der Waals surface area contributed by atoms with Crippen molar-refractivity contribution in [2.75, 3.05) is 18.9 Å². The summed E-state index contributed by atoms with van der Waals surface area (Å²) < 4.78 is 53.5. The molecule has 0 aliphatic carbocycles. The number of carbonyl (C=O) groups excluding carboxylic acids is 1. The summed E-state index contributed by atoms with van der Waals surface area (Å²) in [6.45, 7) is -2.11. The third-order valence-corrected chi connectivity index (χ3v) is 2.46. The fraction of sp³-hybridized carbons (Fsp3) is 0.300. The Labute approximate surface area is 114 Å². The molecule has 9 heteroatoms. The lowest BCUT2D eigenvalue weighted by molar-refractivity contribution is -0.139. The summed E-state index contributed by atoms with van der Waals surface area (Å²) in [6.07, 6.45) is -4.49. The van der Waals surface area contributed by atoms with Crippen LogP contribution >= 0.6 is 15.9 Å². The number of anilines is 1. The van der Waals surface area contributed by atoms with Crippen molar-refractivity contribution in [3.8, 4) is 5.75 Å².